The van der Waals surface area contributed by atoms with E-state index >= 15 is 0 Å². The number of barbiturate groups is 1. The number of unbranched alkanes of at least 4 members (excludes halogenated alkanes) is 1. The molecule has 0 aliphatic carbocycles. The number of terminal acetylenes is 1. The summed E-state index contributed by atoms with van der Waals surface area (Å²) in [5.41, 5.74) is 0.385. The fourth-order valence-electron chi connectivity index (χ4n) is 2.15. The fraction of sp³-hybridized carbons (Fsp3) is 0.267. The topological polar surface area (TPSA) is 66.5 Å². The smallest absolute Gasteiger partial charge is 0.277 e. The Morgan fingerprint density at radius 1 is 1.29 bits per heavy atom. The van der Waals surface area contributed by atoms with Gasteiger partial charge in [-0.1, -0.05) is 29.8 Å². The van der Waals surface area contributed by atoms with E-state index in [1.165, 1.54) is 0 Å². The van der Waals surface area contributed by atoms with Crippen molar-refractivity contribution in [1.29, 1.82) is 0 Å². The maximum atomic E-state index is 12.4. The summed E-state index contributed by atoms with van der Waals surface area (Å²) in [5, 5.41) is 2.49. The van der Waals surface area contributed by atoms with Crippen LogP contribution < -0.4 is 5.32 Å². The van der Waals surface area contributed by atoms with Gasteiger partial charge in [-0.2, -0.15) is 0 Å². The molecule has 2 rings (SSSR count). The molecule has 0 saturated carbocycles. The van der Waals surface area contributed by atoms with Crippen molar-refractivity contribution >= 4 is 29.4 Å². The molecule has 21 heavy (non-hydrogen) atoms. The zero-order valence-electron chi connectivity index (χ0n) is 11.1. The number of halogens is 1. The zero-order valence-corrected chi connectivity index (χ0v) is 11.9. The highest BCUT2D eigenvalue weighted by atomic mass is 35.5. The standard InChI is InChI=1S/C15H13ClN2O3/c1-2-3-6-9-18-14(20)12(13(19)17-15(18)21)10-7-4-5-8-11(10)16/h1,4-5,7-8,12H,3,6,9H2,(H,17,19,21). The number of nitrogens with one attached hydrogen (secondary N) is 1. The summed E-state index contributed by atoms with van der Waals surface area (Å²) in [6, 6.07) is 5.86. The van der Waals surface area contributed by atoms with Crippen molar-refractivity contribution in [2.24, 2.45) is 0 Å². The normalized spacial score (nSPS) is 18.4. The van der Waals surface area contributed by atoms with Gasteiger partial charge in [0.05, 0.1) is 0 Å². The number of hydrogen-bond donors (Lipinski definition) is 1. The van der Waals surface area contributed by atoms with Crippen LogP contribution in [0.2, 0.25) is 5.02 Å². The van der Waals surface area contributed by atoms with Crippen LogP contribution in [0.15, 0.2) is 24.3 Å². The minimum atomic E-state index is -1.11. The third-order valence-corrected chi connectivity index (χ3v) is 3.51. The fourth-order valence-corrected chi connectivity index (χ4v) is 2.39. The van der Waals surface area contributed by atoms with Crippen LogP contribution in [0.1, 0.15) is 24.3 Å². The molecule has 1 unspecified atom stereocenters. The summed E-state index contributed by atoms with van der Waals surface area (Å²) in [6.45, 7) is 0.170. The largest absolute Gasteiger partial charge is 0.330 e. The summed E-state index contributed by atoms with van der Waals surface area (Å²) < 4.78 is 0. The number of benzene rings is 1. The molecule has 1 aromatic rings. The molecule has 1 aromatic carbocycles. The summed E-state index contributed by atoms with van der Waals surface area (Å²) >= 11 is 6.04. The molecular weight excluding hydrogens is 292 g/mol. The van der Waals surface area contributed by atoms with Crippen LogP contribution in [-0.4, -0.2) is 29.3 Å². The number of nitrogens with zero attached hydrogens (tertiary/aromatic N) is 1. The van der Waals surface area contributed by atoms with E-state index in [1.807, 2.05) is 0 Å². The molecule has 6 heteroatoms. The van der Waals surface area contributed by atoms with Gasteiger partial charge in [0.15, 0.2) is 0 Å². The van der Waals surface area contributed by atoms with E-state index < -0.39 is 23.8 Å². The first-order valence-corrected chi connectivity index (χ1v) is 6.78. The van der Waals surface area contributed by atoms with Gasteiger partial charge in [0, 0.05) is 18.0 Å². The molecule has 1 N–H and O–H groups in total. The Balaban J connectivity index is 2.27. The third-order valence-electron chi connectivity index (χ3n) is 3.17. The van der Waals surface area contributed by atoms with E-state index in [0.29, 0.717) is 23.4 Å². The predicted octanol–water partition coefficient (Wildman–Crippen LogP) is 1.92. The van der Waals surface area contributed by atoms with Crippen LogP contribution in [0.5, 0.6) is 0 Å². The molecule has 1 atom stereocenters. The second-order valence-electron chi connectivity index (χ2n) is 4.55. The number of urea groups is 1. The molecule has 4 amide bonds. The third kappa shape index (κ3) is 3.06. The number of amides is 4. The van der Waals surface area contributed by atoms with Gasteiger partial charge in [0.25, 0.3) is 0 Å². The molecule has 0 spiro atoms. The van der Waals surface area contributed by atoms with E-state index in [4.69, 9.17) is 18.0 Å². The Labute approximate surface area is 127 Å². The van der Waals surface area contributed by atoms with Crippen molar-refractivity contribution in [2.75, 3.05) is 6.54 Å². The molecule has 5 nitrogen and oxygen atoms in total. The number of imide groups is 2. The van der Waals surface area contributed by atoms with Crippen LogP contribution in [0, 0.1) is 12.3 Å². The highest BCUT2D eigenvalue weighted by Crippen LogP contribution is 2.28. The van der Waals surface area contributed by atoms with Gasteiger partial charge in [-0.05, 0) is 18.1 Å². The molecular formula is C15H13ClN2O3. The molecule has 1 fully saturated rings. The van der Waals surface area contributed by atoms with Crippen LogP contribution in [-0.2, 0) is 9.59 Å². The van der Waals surface area contributed by atoms with Crippen LogP contribution in [0.4, 0.5) is 4.79 Å². The predicted molar refractivity (Wildman–Crippen MR) is 77.5 cm³/mol. The maximum Gasteiger partial charge on any atom is 0.330 e. The van der Waals surface area contributed by atoms with Crippen LogP contribution in [0.3, 0.4) is 0 Å². The van der Waals surface area contributed by atoms with Crippen LogP contribution >= 0.6 is 11.6 Å². The van der Waals surface area contributed by atoms with Gasteiger partial charge in [-0.25, -0.2) is 4.79 Å². The number of carbonyl (C=O) groups is 3. The van der Waals surface area contributed by atoms with Crippen molar-refractivity contribution in [3.8, 4) is 12.3 Å². The lowest BCUT2D eigenvalue weighted by molar-refractivity contribution is -0.138. The Bertz CT molecular complexity index is 636. The van der Waals surface area contributed by atoms with E-state index in [-0.39, 0.29) is 6.54 Å². The zero-order chi connectivity index (χ0) is 15.4. The Morgan fingerprint density at radius 2 is 2.00 bits per heavy atom. The first-order valence-electron chi connectivity index (χ1n) is 6.40. The molecule has 0 radical (unpaired) electrons. The van der Waals surface area contributed by atoms with E-state index in [0.717, 1.165) is 4.90 Å². The average Bonchev–Trinajstić information content (AvgIpc) is 2.44. The SMILES string of the molecule is C#CCCCN1C(=O)NC(=O)C(c2ccccc2Cl)C1=O. The Kier molecular flexibility index (Phi) is 4.61. The molecule has 0 bridgehead atoms. The highest BCUT2D eigenvalue weighted by molar-refractivity contribution is 6.32. The van der Waals surface area contributed by atoms with Gasteiger partial charge >= 0.3 is 6.03 Å². The second kappa shape index (κ2) is 6.42. The molecule has 108 valence electrons. The summed E-state index contributed by atoms with van der Waals surface area (Å²) in [7, 11) is 0. The number of rotatable bonds is 4. The van der Waals surface area contributed by atoms with Crippen molar-refractivity contribution in [2.45, 2.75) is 18.8 Å². The van der Waals surface area contributed by atoms with E-state index in [9.17, 15) is 14.4 Å². The monoisotopic (exact) mass is 304 g/mol. The minimum Gasteiger partial charge on any atom is -0.277 e. The molecule has 1 aliphatic rings. The lowest BCUT2D eigenvalue weighted by Gasteiger charge is -2.30. The molecule has 1 heterocycles. The van der Waals surface area contributed by atoms with Crippen molar-refractivity contribution in [3.05, 3.63) is 34.9 Å². The summed E-state index contributed by atoms with van der Waals surface area (Å²) in [6.07, 6.45) is 6.08. The van der Waals surface area contributed by atoms with Gasteiger partial charge in [0.2, 0.25) is 11.8 Å². The van der Waals surface area contributed by atoms with Crippen molar-refractivity contribution < 1.29 is 14.4 Å². The van der Waals surface area contributed by atoms with E-state index in [1.54, 1.807) is 24.3 Å². The van der Waals surface area contributed by atoms with Gasteiger partial charge in [-0.3, -0.25) is 19.8 Å². The number of hydrogen-bond acceptors (Lipinski definition) is 3. The summed E-state index contributed by atoms with van der Waals surface area (Å²) in [5.74, 6) is 0.0950. The second-order valence-corrected chi connectivity index (χ2v) is 4.95. The lowest BCUT2D eigenvalue weighted by atomic mass is 9.95. The molecule has 1 saturated heterocycles. The first kappa shape index (κ1) is 15.1. The molecule has 0 aromatic heterocycles. The quantitative estimate of drug-likeness (QED) is 0.525. The summed E-state index contributed by atoms with van der Waals surface area (Å²) in [4.78, 5) is 37.2. The lowest BCUT2D eigenvalue weighted by Crippen LogP contribution is -2.57. The first-order chi connectivity index (χ1) is 10.1. The average molecular weight is 305 g/mol. The van der Waals surface area contributed by atoms with E-state index in [2.05, 4.69) is 11.2 Å². The van der Waals surface area contributed by atoms with Crippen LogP contribution in [0.25, 0.3) is 0 Å². The Hall–Kier alpha value is -2.32. The number of carbonyl (C=O) groups excluding carboxylic acids is 3. The van der Waals surface area contributed by atoms with Crippen molar-refractivity contribution in [1.82, 2.24) is 10.2 Å². The highest BCUT2D eigenvalue weighted by Gasteiger charge is 2.41. The molecule has 1 aliphatic heterocycles. The Morgan fingerprint density at radius 3 is 2.67 bits per heavy atom. The van der Waals surface area contributed by atoms with Gasteiger partial charge < -0.3 is 0 Å². The van der Waals surface area contributed by atoms with Gasteiger partial charge in [-0.15, -0.1) is 12.3 Å². The van der Waals surface area contributed by atoms with Gasteiger partial charge in [0.1, 0.15) is 5.92 Å². The maximum absolute atomic E-state index is 12.4. The minimum absolute atomic E-state index is 0.170. The van der Waals surface area contributed by atoms with Crippen molar-refractivity contribution in [3.63, 3.8) is 0 Å².